The van der Waals surface area contributed by atoms with Gasteiger partial charge in [0.2, 0.25) is 5.95 Å². The maximum absolute atomic E-state index is 6.09. The molecule has 15 heavy (non-hydrogen) atoms. The lowest BCUT2D eigenvalue weighted by molar-refractivity contribution is 1.05. The summed E-state index contributed by atoms with van der Waals surface area (Å²) in [6, 6.07) is 5.35. The third-order valence-electron chi connectivity index (χ3n) is 2.03. The van der Waals surface area contributed by atoms with E-state index in [9.17, 15) is 0 Å². The van der Waals surface area contributed by atoms with Crippen molar-refractivity contribution in [2.24, 2.45) is 0 Å². The minimum atomic E-state index is 0.594. The average Bonchev–Trinajstić information content (AvgIpc) is 2.65. The predicted molar refractivity (Wildman–Crippen MR) is 63.1 cm³/mol. The van der Waals surface area contributed by atoms with Crippen LogP contribution >= 0.6 is 23.2 Å². The van der Waals surface area contributed by atoms with Crippen molar-refractivity contribution in [1.29, 1.82) is 0 Å². The zero-order valence-electron chi connectivity index (χ0n) is 8.04. The van der Waals surface area contributed by atoms with Crippen LogP contribution in [0.25, 0.3) is 5.69 Å². The lowest BCUT2D eigenvalue weighted by atomic mass is 10.3. The predicted octanol–water partition coefficient (Wildman–Crippen LogP) is 3.22. The van der Waals surface area contributed by atoms with Gasteiger partial charge in [0.25, 0.3) is 0 Å². The van der Waals surface area contributed by atoms with Gasteiger partial charge in [0.1, 0.15) is 0 Å². The molecule has 3 nitrogen and oxygen atoms in total. The highest BCUT2D eigenvalue weighted by atomic mass is 35.5. The summed E-state index contributed by atoms with van der Waals surface area (Å²) in [7, 11) is 1.81. The average molecular weight is 242 g/mol. The van der Waals surface area contributed by atoms with Crippen LogP contribution in [0, 0.1) is 0 Å². The molecule has 0 amide bonds. The Bertz CT molecular complexity index is 479. The number of imidazole rings is 1. The van der Waals surface area contributed by atoms with Crippen molar-refractivity contribution in [3.63, 3.8) is 0 Å². The normalized spacial score (nSPS) is 10.3. The van der Waals surface area contributed by atoms with Gasteiger partial charge in [-0.15, -0.1) is 0 Å². The molecule has 0 radical (unpaired) electrons. The van der Waals surface area contributed by atoms with Gasteiger partial charge < -0.3 is 5.32 Å². The summed E-state index contributed by atoms with van der Waals surface area (Å²) in [5.41, 5.74) is 0.850. The molecule has 0 spiro atoms. The fourth-order valence-electron chi connectivity index (χ4n) is 1.36. The van der Waals surface area contributed by atoms with Crippen molar-refractivity contribution < 1.29 is 0 Å². The number of benzene rings is 1. The van der Waals surface area contributed by atoms with Gasteiger partial charge in [-0.05, 0) is 18.2 Å². The Labute approximate surface area is 97.6 Å². The first-order chi connectivity index (χ1) is 7.22. The van der Waals surface area contributed by atoms with Crippen molar-refractivity contribution in [2.75, 3.05) is 12.4 Å². The van der Waals surface area contributed by atoms with E-state index in [0.29, 0.717) is 10.0 Å². The fourth-order valence-corrected chi connectivity index (χ4v) is 1.86. The Kier molecular flexibility index (Phi) is 2.84. The molecule has 1 aromatic heterocycles. The summed E-state index contributed by atoms with van der Waals surface area (Å²) in [5.74, 6) is 0.735. The summed E-state index contributed by atoms with van der Waals surface area (Å²) < 4.78 is 1.86. The number of anilines is 1. The first-order valence-corrected chi connectivity index (χ1v) is 5.14. The maximum atomic E-state index is 6.09. The third kappa shape index (κ3) is 1.94. The van der Waals surface area contributed by atoms with Crippen molar-refractivity contribution in [2.45, 2.75) is 0 Å². The second-order valence-electron chi connectivity index (χ2n) is 2.97. The van der Waals surface area contributed by atoms with Crippen molar-refractivity contribution in [3.8, 4) is 5.69 Å². The summed E-state index contributed by atoms with van der Waals surface area (Å²) in [4.78, 5) is 4.13. The van der Waals surface area contributed by atoms with Crippen LogP contribution in [0.5, 0.6) is 0 Å². The molecular weight excluding hydrogens is 233 g/mol. The van der Waals surface area contributed by atoms with Crippen LogP contribution in [0.4, 0.5) is 5.95 Å². The standard InChI is InChI=1S/C10H9Cl2N3/c1-13-10-14-4-5-15(10)9-3-2-7(11)6-8(9)12/h2-6H,1H3,(H,13,14). The quantitative estimate of drug-likeness (QED) is 0.876. The minimum absolute atomic E-state index is 0.594. The molecule has 0 saturated carbocycles. The van der Waals surface area contributed by atoms with Gasteiger partial charge in [-0.25, -0.2) is 4.98 Å². The SMILES string of the molecule is CNc1nccn1-c1ccc(Cl)cc1Cl. The number of hydrogen-bond donors (Lipinski definition) is 1. The third-order valence-corrected chi connectivity index (χ3v) is 2.57. The molecule has 78 valence electrons. The highest BCUT2D eigenvalue weighted by Crippen LogP contribution is 2.26. The maximum Gasteiger partial charge on any atom is 0.207 e. The fraction of sp³-hybridized carbons (Fsp3) is 0.100. The van der Waals surface area contributed by atoms with Gasteiger partial charge in [-0.2, -0.15) is 0 Å². The molecule has 0 bridgehead atoms. The molecule has 1 heterocycles. The highest BCUT2D eigenvalue weighted by molar-refractivity contribution is 6.35. The molecule has 0 aliphatic carbocycles. The summed E-state index contributed by atoms with van der Waals surface area (Å²) in [6.45, 7) is 0. The number of nitrogens with zero attached hydrogens (tertiary/aromatic N) is 2. The Morgan fingerprint density at radius 3 is 2.80 bits per heavy atom. The topological polar surface area (TPSA) is 29.9 Å². The van der Waals surface area contributed by atoms with Crippen LogP contribution < -0.4 is 5.32 Å². The number of hydrogen-bond acceptors (Lipinski definition) is 2. The van der Waals surface area contributed by atoms with Crippen LogP contribution in [-0.2, 0) is 0 Å². The van der Waals surface area contributed by atoms with E-state index in [1.54, 1.807) is 18.3 Å². The molecule has 0 atom stereocenters. The largest absolute Gasteiger partial charge is 0.358 e. The monoisotopic (exact) mass is 241 g/mol. The molecule has 0 saturated heterocycles. The number of halogens is 2. The Hall–Kier alpha value is -1.19. The number of nitrogens with one attached hydrogen (secondary N) is 1. The minimum Gasteiger partial charge on any atom is -0.358 e. The molecule has 1 N–H and O–H groups in total. The zero-order valence-corrected chi connectivity index (χ0v) is 9.55. The second-order valence-corrected chi connectivity index (χ2v) is 3.81. The van der Waals surface area contributed by atoms with Crippen LogP contribution in [0.1, 0.15) is 0 Å². The summed E-state index contributed by atoms with van der Waals surface area (Å²) >= 11 is 11.9. The van der Waals surface area contributed by atoms with E-state index < -0.39 is 0 Å². The van der Waals surface area contributed by atoms with E-state index >= 15 is 0 Å². The Morgan fingerprint density at radius 1 is 1.33 bits per heavy atom. The Balaban J connectivity index is 2.54. The molecule has 0 unspecified atom stereocenters. The molecule has 0 aliphatic heterocycles. The number of aromatic nitrogens is 2. The van der Waals surface area contributed by atoms with Crippen molar-refractivity contribution >= 4 is 29.2 Å². The van der Waals surface area contributed by atoms with Crippen molar-refractivity contribution in [3.05, 3.63) is 40.6 Å². The van der Waals surface area contributed by atoms with Gasteiger partial charge in [-0.3, -0.25) is 4.57 Å². The first-order valence-electron chi connectivity index (χ1n) is 4.39. The lowest BCUT2D eigenvalue weighted by Gasteiger charge is -2.08. The first kappa shape index (κ1) is 10.3. The zero-order chi connectivity index (χ0) is 10.8. The molecule has 2 rings (SSSR count). The molecule has 5 heteroatoms. The van der Waals surface area contributed by atoms with E-state index in [-0.39, 0.29) is 0 Å². The summed E-state index contributed by atoms with van der Waals surface area (Å²) in [5, 5.41) is 4.19. The molecule has 0 fully saturated rings. The highest BCUT2D eigenvalue weighted by Gasteiger charge is 2.07. The van der Waals surface area contributed by atoms with Gasteiger partial charge in [0, 0.05) is 24.5 Å². The van der Waals surface area contributed by atoms with Gasteiger partial charge in [-0.1, -0.05) is 23.2 Å². The number of rotatable bonds is 2. The van der Waals surface area contributed by atoms with E-state index in [4.69, 9.17) is 23.2 Å². The van der Waals surface area contributed by atoms with E-state index in [1.807, 2.05) is 23.9 Å². The Morgan fingerprint density at radius 2 is 2.13 bits per heavy atom. The molecule has 1 aromatic carbocycles. The lowest BCUT2D eigenvalue weighted by Crippen LogP contribution is -2.00. The second kappa shape index (κ2) is 4.13. The van der Waals surface area contributed by atoms with Gasteiger partial charge >= 0.3 is 0 Å². The van der Waals surface area contributed by atoms with Gasteiger partial charge in [0.05, 0.1) is 10.7 Å². The van der Waals surface area contributed by atoms with E-state index in [1.165, 1.54) is 0 Å². The van der Waals surface area contributed by atoms with Gasteiger partial charge in [0.15, 0.2) is 0 Å². The molecular formula is C10H9Cl2N3. The van der Waals surface area contributed by atoms with Crippen LogP contribution in [-0.4, -0.2) is 16.6 Å². The smallest absolute Gasteiger partial charge is 0.207 e. The molecule has 0 aliphatic rings. The summed E-state index contributed by atoms with van der Waals surface area (Å²) in [6.07, 6.45) is 3.54. The van der Waals surface area contributed by atoms with Crippen LogP contribution in [0.15, 0.2) is 30.6 Å². The molecule has 2 aromatic rings. The van der Waals surface area contributed by atoms with Crippen molar-refractivity contribution in [1.82, 2.24) is 9.55 Å². The van der Waals surface area contributed by atoms with E-state index in [0.717, 1.165) is 11.6 Å². The van der Waals surface area contributed by atoms with Crippen LogP contribution in [0.2, 0.25) is 10.0 Å². The van der Waals surface area contributed by atoms with Crippen LogP contribution in [0.3, 0.4) is 0 Å². The van der Waals surface area contributed by atoms with E-state index in [2.05, 4.69) is 10.3 Å².